The molecule has 0 aliphatic carbocycles. The molecule has 0 atom stereocenters. The van der Waals surface area contributed by atoms with Gasteiger partial charge in [0.1, 0.15) is 11.6 Å². The highest BCUT2D eigenvalue weighted by Crippen LogP contribution is 2.35. The highest BCUT2D eigenvalue weighted by molar-refractivity contribution is 7.99. The maximum atomic E-state index is 12.8. The summed E-state index contributed by atoms with van der Waals surface area (Å²) in [7, 11) is 0. The second-order valence-electron chi connectivity index (χ2n) is 4.90. The number of nitrogens with zero attached hydrogens (tertiary/aromatic N) is 2. The normalized spacial score (nSPS) is 12.3. The van der Waals surface area contributed by atoms with E-state index in [1.165, 1.54) is 0 Å². The number of rotatable bonds is 5. The van der Waals surface area contributed by atoms with Gasteiger partial charge < -0.3 is 4.74 Å². The number of halogens is 7. The van der Waals surface area contributed by atoms with Gasteiger partial charge in [-0.2, -0.15) is 26.3 Å². The Bertz CT molecular complexity index is 782. The predicted octanol–water partition coefficient (Wildman–Crippen LogP) is 5.86. The van der Waals surface area contributed by atoms with E-state index in [0.29, 0.717) is 24.2 Å². The minimum absolute atomic E-state index is 0.197. The van der Waals surface area contributed by atoms with E-state index in [1.807, 2.05) is 0 Å². The molecule has 3 nitrogen and oxygen atoms in total. The highest BCUT2D eigenvalue weighted by Gasteiger charge is 2.33. The van der Waals surface area contributed by atoms with Gasteiger partial charge in [0.05, 0.1) is 16.8 Å². The molecular weight excluding hydrogens is 406 g/mol. The fourth-order valence-electron chi connectivity index (χ4n) is 1.84. The van der Waals surface area contributed by atoms with Crippen molar-refractivity contribution < 1.29 is 31.1 Å². The average molecular weight is 417 g/mol. The van der Waals surface area contributed by atoms with Gasteiger partial charge in [0.2, 0.25) is 5.88 Å². The molecule has 0 aliphatic heterocycles. The van der Waals surface area contributed by atoms with E-state index >= 15 is 0 Å². The average Bonchev–Trinajstić information content (AvgIpc) is 2.53. The minimum Gasteiger partial charge on any atom is -0.470 e. The van der Waals surface area contributed by atoms with E-state index in [-0.39, 0.29) is 28.1 Å². The molecule has 2 rings (SSSR count). The third kappa shape index (κ3) is 5.16. The quantitative estimate of drug-likeness (QED) is 0.452. The zero-order valence-corrected chi connectivity index (χ0v) is 14.7. The van der Waals surface area contributed by atoms with Crippen LogP contribution in [0.4, 0.5) is 26.3 Å². The van der Waals surface area contributed by atoms with Crippen molar-refractivity contribution >= 4 is 23.4 Å². The van der Waals surface area contributed by atoms with E-state index < -0.39 is 23.5 Å². The summed E-state index contributed by atoms with van der Waals surface area (Å²) in [6.45, 7) is 1.46. The number of aromatic nitrogens is 2. The molecule has 142 valence electrons. The third-order valence-electron chi connectivity index (χ3n) is 3.04. The van der Waals surface area contributed by atoms with Crippen molar-refractivity contribution in [2.75, 3.05) is 5.75 Å². The van der Waals surface area contributed by atoms with Gasteiger partial charge in [-0.25, -0.2) is 4.98 Å². The van der Waals surface area contributed by atoms with E-state index in [9.17, 15) is 26.3 Å². The number of hydrogen-bond donors (Lipinski definition) is 0. The Hall–Kier alpha value is -1.68. The van der Waals surface area contributed by atoms with Crippen LogP contribution in [0.3, 0.4) is 0 Å². The Morgan fingerprint density at radius 2 is 1.58 bits per heavy atom. The van der Waals surface area contributed by atoms with Crippen LogP contribution in [0.5, 0.6) is 5.88 Å². The molecule has 0 saturated heterocycles. The lowest BCUT2D eigenvalue weighted by molar-refractivity contribution is -0.138. The van der Waals surface area contributed by atoms with Crippen molar-refractivity contribution in [2.24, 2.45) is 0 Å². The Balaban J connectivity index is 2.21. The molecular formula is C15H11ClF6N2OS. The van der Waals surface area contributed by atoms with Gasteiger partial charge in [-0.05, 0) is 17.9 Å². The molecule has 2 aromatic rings. The van der Waals surface area contributed by atoms with Crippen LogP contribution in [0.1, 0.15) is 23.7 Å². The maximum Gasteiger partial charge on any atom is 0.417 e. The number of hydrogen-bond acceptors (Lipinski definition) is 4. The molecule has 26 heavy (non-hydrogen) atoms. The Morgan fingerprint density at radius 1 is 1.00 bits per heavy atom. The lowest BCUT2D eigenvalue weighted by atomic mass is 10.2. The zero-order valence-electron chi connectivity index (χ0n) is 13.1. The smallest absolute Gasteiger partial charge is 0.417 e. The first-order valence-electron chi connectivity index (χ1n) is 7.06. The molecule has 0 radical (unpaired) electrons. The van der Waals surface area contributed by atoms with Crippen molar-refractivity contribution in [3.63, 3.8) is 0 Å². The second kappa shape index (κ2) is 7.91. The van der Waals surface area contributed by atoms with Crippen molar-refractivity contribution in [2.45, 2.75) is 30.8 Å². The molecule has 0 spiro atoms. The Morgan fingerprint density at radius 3 is 2.12 bits per heavy atom. The van der Waals surface area contributed by atoms with Crippen molar-refractivity contribution in [3.05, 3.63) is 46.4 Å². The number of ether oxygens (including phenoxy) is 1. The molecule has 0 N–H and O–H groups in total. The topological polar surface area (TPSA) is 35.0 Å². The van der Waals surface area contributed by atoms with Gasteiger partial charge >= 0.3 is 12.4 Å². The van der Waals surface area contributed by atoms with Gasteiger partial charge in [0.25, 0.3) is 0 Å². The van der Waals surface area contributed by atoms with Crippen LogP contribution in [-0.4, -0.2) is 15.7 Å². The van der Waals surface area contributed by atoms with Gasteiger partial charge in [0, 0.05) is 17.3 Å². The first-order chi connectivity index (χ1) is 12.0. The summed E-state index contributed by atoms with van der Waals surface area (Å²) in [6, 6.07) is 1.60. The molecule has 0 fully saturated rings. The SMILES string of the molecule is CCSc1cc(C(F)(F)F)cnc1COc1ncc(C(F)(F)F)cc1Cl. The summed E-state index contributed by atoms with van der Waals surface area (Å²) in [6.07, 6.45) is -7.91. The zero-order chi connectivity index (χ0) is 19.5. The Labute approximate surface area is 153 Å². The molecule has 2 heterocycles. The van der Waals surface area contributed by atoms with E-state index in [2.05, 4.69) is 9.97 Å². The van der Waals surface area contributed by atoms with Crippen molar-refractivity contribution in [1.29, 1.82) is 0 Å². The number of alkyl halides is 6. The maximum absolute atomic E-state index is 12.8. The van der Waals surface area contributed by atoms with E-state index in [1.54, 1.807) is 6.92 Å². The highest BCUT2D eigenvalue weighted by atomic mass is 35.5. The molecule has 0 unspecified atom stereocenters. The van der Waals surface area contributed by atoms with E-state index in [4.69, 9.17) is 16.3 Å². The summed E-state index contributed by atoms with van der Waals surface area (Å²) in [4.78, 5) is 7.51. The molecule has 0 amide bonds. The molecule has 0 aliphatic rings. The van der Waals surface area contributed by atoms with Gasteiger partial charge in [-0.15, -0.1) is 11.8 Å². The minimum atomic E-state index is -4.60. The summed E-state index contributed by atoms with van der Waals surface area (Å²) in [5, 5.41) is -0.364. The van der Waals surface area contributed by atoms with Crippen LogP contribution in [-0.2, 0) is 19.0 Å². The van der Waals surface area contributed by atoms with Crippen LogP contribution < -0.4 is 4.74 Å². The standard InChI is InChI=1S/C15H11ClF6N2OS/c1-2-26-12-4-9(15(20,21)22)5-23-11(12)7-25-13-10(16)3-8(6-24-13)14(17,18)19/h3-6H,2,7H2,1H3. The fraction of sp³-hybridized carbons (Fsp3) is 0.333. The lowest BCUT2D eigenvalue weighted by Crippen LogP contribution is -2.09. The molecule has 0 saturated carbocycles. The second-order valence-corrected chi connectivity index (χ2v) is 6.61. The molecule has 0 bridgehead atoms. The van der Waals surface area contributed by atoms with Crippen LogP contribution in [0.2, 0.25) is 5.02 Å². The van der Waals surface area contributed by atoms with Gasteiger partial charge in [-0.3, -0.25) is 4.98 Å². The predicted molar refractivity (Wildman–Crippen MR) is 84.2 cm³/mol. The summed E-state index contributed by atoms with van der Waals surface area (Å²) in [5.74, 6) is 0.226. The Kier molecular flexibility index (Phi) is 6.28. The van der Waals surface area contributed by atoms with Crippen LogP contribution in [0.25, 0.3) is 0 Å². The first-order valence-corrected chi connectivity index (χ1v) is 8.43. The molecule has 0 aromatic carbocycles. The van der Waals surface area contributed by atoms with Crippen molar-refractivity contribution in [3.8, 4) is 5.88 Å². The number of thioether (sulfide) groups is 1. The third-order valence-corrected chi connectivity index (χ3v) is 4.26. The summed E-state index contributed by atoms with van der Waals surface area (Å²) in [5.41, 5.74) is -1.74. The van der Waals surface area contributed by atoms with Crippen molar-refractivity contribution in [1.82, 2.24) is 9.97 Å². The van der Waals surface area contributed by atoms with Crippen LogP contribution >= 0.6 is 23.4 Å². The fourth-order valence-corrected chi connectivity index (χ4v) is 2.86. The van der Waals surface area contributed by atoms with Gasteiger partial charge in [-0.1, -0.05) is 18.5 Å². The van der Waals surface area contributed by atoms with E-state index in [0.717, 1.165) is 17.8 Å². The molecule has 2 aromatic heterocycles. The largest absolute Gasteiger partial charge is 0.470 e. The number of pyridine rings is 2. The first kappa shape index (κ1) is 20.6. The van der Waals surface area contributed by atoms with Crippen LogP contribution in [0, 0.1) is 0 Å². The lowest BCUT2D eigenvalue weighted by Gasteiger charge is -2.13. The monoisotopic (exact) mass is 416 g/mol. The molecule has 11 heteroatoms. The summed E-state index contributed by atoms with van der Waals surface area (Å²) >= 11 is 6.86. The summed E-state index contributed by atoms with van der Waals surface area (Å²) < 4.78 is 81.3. The van der Waals surface area contributed by atoms with Gasteiger partial charge in [0.15, 0.2) is 0 Å². The van der Waals surface area contributed by atoms with Crippen LogP contribution in [0.15, 0.2) is 29.4 Å².